The van der Waals surface area contributed by atoms with Crippen LogP contribution in [0.4, 0.5) is 0 Å². The Balaban J connectivity index is 1.25. The zero-order valence-corrected chi connectivity index (χ0v) is 16.2. The second kappa shape index (κ2) is 7.97. The second-order valence-electron chi connectivity index (χ2n) is 8.06. The van der Waals surface area contributed by atoms with E-state index in [1.54, 1.807) is 0 Å². The van der Waals surface area contributed by atoms with Crippen molar-refractivity contribution in [3.05, 3.63) is 48.7 Å². The summed E-state index contributed by atoms with van der Waals surface area (Å²) in [5.41, 5.74) is 3.21. The van der Waals surface area contributed by atoms with Crippen molar-refractivity contribution in [1.29, 1.82) is 0 Å². The van der Waals surface area contributed by atoms with E-state index in [1.807, 2.05) is 29.0 Å². The molecule has 0 aliphatic carbocycles. The van der Waals surface area contributed by atoms with Crippen LogP contribution in [0.3, 0.4) is 0 Å². The molecule has 0 spiro atoms. The summed E-state index contributed by atoms with van der Waals surface area (Å²) in [6.45, 7) is 5.41. The van der Waals surface area contributed by atoms with Gasteiger partial charge in [0, 0.05) is 49.8 Å². The fraction of sp³-hybridized carbons (Fsp3) is 0.500. The number of likely N-dealkylation sites (tertiary alicyclic amines) is 1. The average Bonchev–Trinajstić information content (AvgIpc) is 3.19. The molecule has 5 heterocycles. The molecule has 0 aromatic carbocycles. The minimum Gasteiger partial charge on any atom is -0.381 e. The minimum atomic E-state index is 0.468. The predicted molar refractivity (Wildman–Crippen MR) is 108 cm³/mol. The van der Waals surface area contributed by atoms with Crippen LogP contribution in [-0.2, 0) is 4.74 Å². The van der Waals surface area contributed by atoms with Gasteiger partial charge < -0.3 is 9.64 Å². The van der Waals surface area contributed by atoms with Gasteiger partial charge in [0.25, 0.3) is 0 Å². The monoisotopic (exact) mass is 377 g/mol. The van der Waals surface area contributed by atoms with Gasteiger partial charge in [0.2, 0.25) is 0 Å². The third-order valence-corrected chi connectivity index (χ3v) is 6.17. The van der Waals surface area contributed by atoms with Crippen molar-refractivity contribution in [3.8, 4) is 11.1 Å². The molecule has 0 saturated carbocycles. The Morgan fingerprint density at radius 3 is 2.50 bits per heavy atom. The number of hydrogen-bond donors (Lipinski definition) is 0. The van der Waals surface area contributed by atoms with Crippen molar-refractivity contribution in [1.82, 2.24) is 24.5 Å². The molecule has 6 heteroatoms. The summed E-state index contributed by atoms with van der Waals surface area (Å²) < 4.78 is 7.42. The molecule has 2 aliphatic rings. The molecule has 0 atom stereocenters. The van der Waals surface area contributed by atoms with Crippen LogP contribution in [0.1, 0.15) is 37.4 Å². The third-order valence-electron chi connectivity index (χ3n) is 6.17. The summed E-state index contributed by atoms with van der Waals surface area (Å²) >= 11 is 0. The van der Waals surface area contributed by atoms with Gasteiger partial charge in [0.1, 0.15) is 0 Å². The van der Waals surface area contributed by atoms with E-state index in [0.29, 0.717) is 5.92 Å². The quantitative estimate of drug-likeness (QED) is 0.697. The number of ether oxygens (including phenoxy) is 1. The third kappa shape index (κ3) is 3.80. The van der Waals surface area contributed by atoms with Crippen LogP contribution in [0.5, 0.6) is 0 Å². The van der Waals surface area contributed by atoms with Gasteiger partial charge in [0.05, 0.1) is 0 Å². The van der Waals surface area contributed by atoms with E-state index in [2.05, 4.69) is 28.2 Å². The van der Waals surface area contributed by atoms with E-state index >= 15 is 0 Å². The van der Waals surface area contributed by atoms with Gasteiger partial charge in [-0.3, -0.25) is 4.98 Å². The van der Waals surface area contributed by atoms with E-state index in [0.717, 1.165) is 67.7 Å². The van der Waals surface area contributed by atoms with E-state index < -0.39 is 0 Å². The molecule has 2 aliphatic heterocycles. The highest BCUT2D eigenvalue weighted by molar-refractivity contribution is 5.63. The van der Waals surface area contributed by atoms with Gasteiger partial charge in [-0.2, -0.15) is 5.10 Å². The van der Waals surface area contributed by atoms with Gasteiger partial charge >= 0.3 is 0 Å². The standard InChI is InChI=1S/C22H27N5O/c1-2-21-24-22(25-27(21)16-20(1)18-3-9-23-10-4-18)19-5-11-26(12-6-19)15-17-7-13-28-14-8-17/h1-4,9-10,16-17,19H,5-8,11-15H2. The SMILES string of the molecule is c1cc(-c2ccc3nc(C4CCN(CC5CCOCC5)CC4)nn3c2)ccn1. The molecule has 6 nitrogen and oxygen atoms in total. The maximum atomic E-state index is 5.49. The van der Waals surface area contributed by atoms with E-state index in [4.69, 9.17) is 14.8 Å². The molecular formula is C22H27N5O. The molecular weight excluding hydrogens is 350 g/mol. The summed E-state index contributed by atoms with van der Waals surface area (Å²) in [5.74, 6) is 2.28. The smallest absolute Gasteiger partial charge is 0.155 e. The van der Waals surface area contributed by atoms with Crippen molar-refractivity contribution in [2.45, 2.75) is 31.6 Å². The Morgan fingerprint density at radius 2 is 1.71 bits per heavy atom. The maximum Gasteiger partial charge on any atom is 0.155 e. The van der Waals surface area contributed by atoms with Crippen LogP contribution in [-0.4, -0.2) is 57.3 Å². The first kappa shape index (κ1) is 17.8. The lowest BCUT2D eigenvalue weighted by atomic mass is 9.93. The van der Waals surface area contributed by atoms with Crippen LogP contribution in [0.2, 0.25) is 0 Å². The Kier molecular flexibility index (Phi) is 5.06. The van der Waals surface area contributed by atoms with Crippen LogP contribution in [0, 0.1) is 5.92 Å². The van der Waals surface area contributed by atoms with Crippen molar-refractivity contribution >= 4 is 5.65 Å². The maximum absolute atomic E-state index is 5.49. The van der Waals surface area contributed by atoms with Crippen LogP contribution < -0.4 is 0 Å². The van der Waals surface area contributed by atoms with Crippen LogP contribution in [0.15, 0.2) is 42.9 Å². The van der Waals surface area contributed by atoms with Crippen LogP contribution in [0.25, 0.3) is 16.8 Å². The lowest BCUT2D eigenvalue weighted by Crippen LogP contribution is -2.38. The molecule has 146 valence electrons. The number of rotatable bonds is 4. The van der Waals surface area contributed by atoms with Gasteiger partial charge in [0.15, 0.2) is 11.5 Å². The highest BCUT2D eigenvalue weighted by atomic mass is 16.5. The zero-order valence-electron chi connectivity index (χ0n) is 16.2. The first-order valence-corrected chi connectivity index (χ1v) is 10.4. The molecule has 2 fully saturated rings. The topological polar surface area (TPSA) is 55.5 Å². The molecule has 0 N–H and O–H groups in total. The molecule has 0 bridgehead atoms. The number of nitrogens with zero attached hydrogens (tertiary/aromatic N) is 5. The number of pyridine rings is 2. The zero-order chi connectivity index (χ0) is 18.8. The first-order valence-electron chi connectivity index (χ1n) is 10.4. The van der Waals surface area contributed by atoms with E-state index in [1.165, 1.54) is 19.4 Å². The Hall–Kier alpha value is -2.31. The number of piperidine rings is 1. The van der Waals surface area contributed by atoms with Gasteiger partial charge in [-0.1, -0.05) is 0 Å². The highest BCUT2D eigenvalue weighted by Gasteiger charge is 2.26. The van der Waals surface area contributed by atoms with E-state index in [9.17, 15) is 0 Å². The normalized spacial score (nSPS) is 20.0. The van der Waals surface area contributed by atoms with Crippen molar-refractivity contribution in [2.24, 2.45) is 5.92 Å². The van der Waals surface area contributed by atoms with Crippen LogP contribution >= 0.6 is 0 Å². The van der Waals surface area contributed by atoms with Gasteiger partial charge in [-0.05, 0) is 74.5 Å². The fourth-order valence-electron chi connectivity index (χ4n) is 4.46. The average molecular weight is 377 g/mol. The Bertz CT molecular complexity index is 911. The van der Waals surface area contributed by atoms with E-state index in [-0.39, 0.29) is 0 Å². The number of aromatic nitrogens is 4. The summed E-state index contributed by atoms with van der Waals surface area (Å²) in [7, 11) is 0. The molecule has 3 aromatic heterocycles. The summed E-state index contributed by atoms with van der Waals surface area (Å²) in [5, 5.41) is 4.82. The van der Waals surface area contributed by atoms with Crippen molar-refractivity contribution < 1.29 is 4.74 Å². The molecule has 0 radical (unpaired) electrons. The Morgan fingerprint density at radius 1 is 0.929 bits per heavy atom. The highest BCUT2D eigenvalue weighted by Crippen LogP contribution is 2.28. The molecule has 3 aromatic rings. The van der Waals surface area contributed by atoms with Gasteiger partial charge in [-0.15, -0.1) is 0 Å². The molecule has 28 heavy (non-hydrogen) atoms. The van der Waals surface area contributed by atoms with Crippen molar-refractivity contribution in [3.63, 3.8) is 0 Å². The Labute approximate surface area is 165 Å². The number of fused-ring (bicyclic) bond motifs is 1. The van der Waals surface area contributed by atoms with Gasteiger partial charge in [-0.25, -0.2) is 9.50 Å². The lowest BCUT2D eigenvalue weighted by molar-refractivity contribution is 0.0486. The second-order valence-corrected chi connectivity index (χ2v) is 8.06. The summed E-state index contributed by atoms with van der Waals surface area (Å²) in [4.78, 5) is 11.5. The van der Waals surface area contributed by atoms with Crippen molar-refractivity contribution in [2.75, 3.05) is 32.8 Å². The minimum absolute atomic E-state index is 0.468. The fourth-order valence-corrected chi connectivity index (χ4v) is 4.46. The number of hydrogen-bond acceptors (Lipinski definition) is 5. The molecule has 0 unspecified atom stereocenters. The summed E-state index contributed by atoms with van der Waals surface area (Å²) in [6, 6.07) is 8.21. The molecule has 2 saturated heterocycles. The molecule has 5 rings (SSSR count). The first-order chi connectivity index (χ1) is 13.8. The largest absolute Gasteiger partial charge is 0.381 e. The predicted octanol–water partition coefficient (Wildman–Crippen LogP) is 3.40. The summed E-state index contributed by atoms with van der Waals surface area (Å²) in [6.07, 6.45) is 10.4. The molecule has 0 amide bonds. The lowest BCUT2D eigenvalue weighted by Gasteiger charge is -2.34.